The SMILES string of the molecule is O=C(O)Cc1ccc2occc2c1N1CCCC1. The highest BCUT2D eigenvalue weighted by molar-refractivity contribution is 5.94. The third kappa shape index (κ3) is 1.83. The monoisotopic (exact) mass is 245 g/mol. The first-order valence-corrected chi connectivity index (χ1v) is 6.21. The number of rotatable bonds is 3. The van der Waals surface area contributed by atoms with Gasteiger partial charge in [-0.25, -0.2) is 0 Å². The molecule has 2 heterocycles. The molecule has 94 valence electrons. The molecule has 0 radical (unpaired) electrons. The molecule has 1 N–H and O–H groups in total. The number of nitrogens with zero attached hydrogens (tertiary/aromatic N) is 1. The van der Waals surface area contributed by atoms with E-state index >= 15 is 0 Å². The number of aliphatic carboxylic acids is 1. The van der Waals surface area contributed by atoms with E-state index in [2.05, 4.69) is 4.90 Å². The zero-order valence-corrected chi connectivity index (χ0v) is 10.1. The molecule has 1 aliphatic rings. The highest BCUT2D eigenvalue weighted by atomic mass is 16.4. The van der Waals surface area contributed by atoms with Crippen LogP contribution in [0.15, 0.2) is 28.9 Å². The highest BCUT2D eigenvalue weighted by Crippen LogP contribution is 2.34. The lowest BCUT2D eigenvalue weighted by Crippen LogP contribution is -2.20. The second-order valence-electron chi connectivity index (χ2n) is 4.67. The van der Waals surface area contributed by atoms with E-state index in [9.17, 15) is 4.79 Å². The van der Waals surface area contributed by atoms with Crippen LogP contribution in [0.5, 0.6) is 0 Å². The molecule has 1 aromatic heterocycles. The molecule has 0 aliphatic carbocycles. The lowest BCUT2D eigenvalue weighted by atomic mass is 10.1. The molecule has 0 spiro atoms. The summed E-state index contributed by atoms with van der Waals surface area (Å²) in [4.78, 5) is 13.2. The van der Waals surface area contributed by atoms with Crippen LogP contribution in [0.4, 0.5) is 5.69 Å². The summed E-state index contributed by atoms with van der Waals surface area (Å²) in [6.45, 7) is 1.99. The summed E-state index contributed by atoms with van der Waals surface area (Å²) in [5, 5.41) is 10.0. The molecule has 0 saturated carbocycles. The van der Waals surface area contributed by atoms with Gasteiger partial charge in [-0.15, -0.1) is 0 Å². The maximum atomic E-state index is 11.0. The summed E-state index contributed by atoms with van der Waals surface area (Å²) in [6, 6.07) is 5.65. The van der Waals surface area contributed by atoms with Crippen LogP contribution in [-0.4, -0.2) is 24.2 Å². The Bertz CT molecular complexity index is 582. The quantitative estimate of drug-likeness (QED) is 0.903. The molecule has 18 heavy (non-hydrogen) atoms. The van der Waals surface area contributed by atoms with Gasteiger partial charge in [0.2, 0.25) is 0 Å². The zero-order chi connectivity index (χ0) is 12.5. The molecule has 0 unspecified atom stereocenters. The van der Waals surface area contributed by atoms with Crippen molar-refractivity contribution in [2.24, 2.45) is 0 Å². The second-order valence-corrected chi connectivity index (χ2v) is 4.67. The average molecular weight is 245 g/mol. The number of fused-ring (bicyclic) bond motifs is 1. The Kier molecular flexibility index (Phi) is 2.70. The van der Waals surface area contributed by atoms with E-state index in [0.717, 1.165) is 35.3 Å². The van der Waals surface area contributed by atoms with E-state index in [1.807, 2.05) is 18.2 Å². The van der Waals surface area contributed by atoms with E-state index in [-0.39, 0.29) is 6.42 Å². The molecule has 1 aromatic carbocycles. The predicted molar refractivity (Wildman–Crippen MR) is 69.0 cm³/mol. The van der Waals surface area contributed by atoms with Crippen molar-refractivity contribution in [3.8, 4) is 0 Å². The second kappa shape index (κ2) is 4.37. The lowest BCUT2D eigenvalue weighted by Gasteiger charge is -2.21. The summed E-state index contributed by atoms with van der Waals surface area (Å²) < 4.78 is 5.40. The third-order valence-electron chi connectivity index (χ3n) is 3.45. The fourth-order valence-electron chi connectivity index (χ4n) is 2.69. The maximum absolute atomic E-state index is 11.0. The summed E-state index contributed by atoms with van der Waals surface area (Å²) in [6.07, 6.45) is 4.06. The zero-order valence-electron chi connectivity index (χ0n) is 10.1. The molecule has 1 saturated heterocycles. The molecule has 1 aliphatic heterocycles. The Hall–Kier alpha value is -1.97. The van der Waals surface area contributed by atoms with E-state index in [1.54, 1.807) is 6.26 Å². The van der Waals surface area contributed by atoms with Crippen molar-refractivity contribution in [1.82, 2.24) is 0 Å². The van der Waals surface area contributed by atoms with Crippen molar-refractivity contribution < 1.29 is 14.3 Å². The molecule has 1 fully saturated rings. The smallest absolute Gasteiger partial charge is 0.307 e. The topological polar surface area (TPSA) is 53.7 Å². The Morgan fingerprint density at radius 2 is 2.06 bits per heavy atom. The lowest BCUT2D eigenvalue weighted by molar-refractivity contribution is -0.136. The summed E-state index contributed by atoms with van der Waals surface area (Å²) >= 11 is 0. The molecule has 4 heteroatoms. The first-order valence-electron chi connectivity index (χ1n) is 6.21. The van der Waals surface area contributed by atoms with Gasteiger partial charge in [0.05, 0.1) is 18.4 Å². The molecule has 2 aromatic rings. The van der Waals surface area contributed by atoms with Gasteiger partial charge in [-0.3, -0.25) is 4.79 Å². The van der Waals surface area contributed by atoms with E-state index in [4.69, 9.17) is 9.52 Å². The number of anilines is 1. The van der Waals surface area contributed by atoms with Gasteiger partial charge in [-0.2, -0.15) is 0 Å². The molecule has 0 amide bonds. The standard InChI is InChI=1S/C14H15NO3/c16-13(17)9-10-3-4-12-11(5-8-18-12)14(10)15-6-1-2-7-15/h3-5,8H,1-2,6-7,9H2,(H,16,17). The minimum atomic E-state index is -0.793. The Labute approximate surface area is 105 Å². The van der Waals surface area contributed by atoms with Crippen LogP contribution in [0, 0.1) is 0 Å². The van der Waals surface area contributed by atoms with Gasteiger partial charge in [-0.05, 0) is 30.5 Å². The van der Waals surface area contributed by atoms with Gasteiger partial charge in [0.15, 0.2) is 0 Å². The van der Waals surface area contributed by atoms with E-state index < -0.39 is 5.97 Å². The predicted octanol–water partition coefficient (Wildman–Crippen LogP) is 2.66. The summed E-state index contributed by atoms with van der Waals surface area (Å²) in [5.74, 6) is -0.793. The Morgan fingerprint density at radius 1 is 1.28 bits per heavy atom. The van der Waals surface area contributed by atoms with Crippen molar-refractivity contribution in [3.05, 3.63) is 30.0 Å². The van der Waals surface area contributed by atoms with Gasteiger partial charge >= 0.3 is 5.97 Å². The van der Waals surface area contributed by atoms with E-state index in [0.29, 0.717) is 0 Å². The number of furan rings is 1. The van der Waals surface area contributed by atoms with Gasteiger partial charge in [0.1, 0.15) is 5.58 Å². The third-order valence-corrected chi connectivity index (χ3v) is 3.45. The number of hydrogen-bond donors (Lipinski definition) is 1. The largest absolute Gasteiger partial charge is 0.481 e. The summed E-state index contributed by atoms with van der Waals surface area (Å²) in [7, 11) is 0. The van der Waals surface area contributed by atoms with Crippen molar-refractivity contribution in [2.45, 2.75) is 19.3 Å². The first kappa shape index (κ1) is 11.1. The number of carboxylic acids is 1. The number of hydrogen-bond acceptors (Lipinski definition) is 3. The summed E-state index contributed by atoms with van der Waals surface area (Å²) in [5.41, 5.74) is 2.74. The van der Waals surface area contributed by atoms with Gasteiger partial charge in [0.25, 0.3) is 0 Å². The van der Waals surface area contributed by atoms with Crippen LogP contribution in [0.2, 0.25) is 0 Å². The fraction of sp³-hybridized carbons (Fsp3) is 0.357. The normalized spacial score (nSPS) is 15.4. The van der Waals surface area contributed by atoms with Crippen molar-refractivity contribution >= 4 is 22.6 Å². The van der Waals surface area contributed by atoms with Crippen molar-refractivity contribution in [3.63, 3.8) is 0 Å². The number of carbonyl (C=O) groups is 1. The fourth-order valence-corrected chi connectivity index (χ4v) is 2.69. The van der Waals surface area contributed by atoms with Crippen LogP contribution in [0.3, 0.4) is 0 Å². The first-order chi connectivity index (χ1) is 8.75. The Balaban J connectivity index is 2.14. The maximum Gasteiger partial charge on any atom is 0.307 e. The van der Waals surface area contributed by atoms with Gasteiger partial charge in [-0.1, -0.05) is 6.07 Å². The van der Waals surface area contributed by atoms with E-state index in [1.165, 1.54) is 12.8 Å². The minimum Gasteiger partial charge on any atom is -0.481 e. The average Bonchev–Trinajstić information content (AvgIpc) is 2.97. The Morgan fingerprint density at radius 3 is 2.78 bits per heavy atom. The van der Waals surface area contributed by atoms with Gasteiger partial charge < -0.3 is 14.4 Å². The highest BCUT2D eigenvalue weighted by Gasteiger charge is 2.20. The van der Waals surface area contributed by atoms with Gasteiger partial charge in [0, 0.05) is 18.5 Å². The molecule has 0 atom stereocenters. The molecule has 3 rings (SSSR count). The molecule has 4 nitrogen and oxygen atoms in total. The number of benzene rings is 1. The van der Waals surface area contributed by atoms with Crippen molar-refractivity contribution in [2.75, 3.05) is 18.0 Å². The van der Waals surface area contributed by atoms with Crippen LogP contribution < -0.4 is 4.90 Å². The molecule has 0 bridgehead atoms. The molecular weight excluding hydrogens is 230 g/mol. The van der Waals surface area contributed by atoms with Crippen LogP contribution in [-0.2, 0) is 11.2 Å². The van der Waals surface area contributed by atoms with Crippen LogP contribution in [0.25, 0.3) is 11.0 Å². The molecular formula is C14H15NO3. The number of carboxylic acid groups (broad SMARTS) is 1. The minimum absolute atomic E-state index is 0.0625. The van der Waals surface area contributed by atoms with Crippen molar-refractivity contribution in [1.29, 1.82) is 0 Å². The van der Waals surface area contributed by atoms with Crippen LogP contribution >= 0.6 is 0 Å². The van der Waals surface area contributed by atoms with Crippen LogP contribution in [0.1, 0.15) is 18.4 Å².